The molecule has 4 unspecified atom stereocenters. The molecule has 0 heterocycles. The lowest BCUT2D eigenvalue weighted by Crippen LogP contribution is -2.50. The summed E-state index contributed by atoms with van der Waals surface area (Å²) in [5.41, 5.74) is 3.45. The first kappa shape index (κ1) is 29.2. The van der Waals surface area contributed by atoms with E-state index in [2.05, 4.69) is 42.8 Å². The SMILES string of the molecule is CCCCCCCCC1CCC2C3CC=C4C[C@@H](OC(=O)/C(Br)=C/c5ccccc5)CC[C@]4(C)C3CC[C@]12C. The zero-order valence-electron chi connectivity index (χ0n) is 24.7. The second-order valence-electron chi connectivity index (χ2n) is 13.8. The highest BCUT2D eigenvalue weighted by Gasteiger charge is 2.58. The summed E-state index contributed by atoms with van der Waals surface area (Å²) in [6.07, 6.45) is 24.5. The summed E-state index contributed by atoms with van der Waals surface area (Å²) < 4.78 is 6.53. The van der Waals surface area contributed by atoms with Gasteiger partial charge < -0.3 is 4.74 Å². The van der Waals surface area contributed by atoms with Crippen LogP contribution in [0.4, 0.5) is 0 Å². The van der Waals surface area contributed by atoms with E-state index in [-0.39, 0.29) is 12.1 Å². The van der Waals surface area contributed by atoms with E-state index in [1.807, 2.05) is 36.4 Å². The van der Waals surface area contributed by atoms with E-state index in [0.29, 0.717) is 15.3 Å². The normalized spacial score (nSPS) is 35.9. The first-order valence-corrected chi connectivity index (χ1v) is 17.0. The molecule has 0 amide bonds. The van der Waals surface area contributed by atoms with Crippen LogP contribution in [0.15, 0.2) is 46.5 Å². The Morgan fingerprint density at radius 1 is 0.974 bits per heavy atom. The van der Waals surface area contributed by atoms with E-state index < -0.39 is 0 Å². The van der Waals surface area contributed by atoms with Gasteiger partial charge in [0.15, 0.2) is 0 Å². The van der Waals surface area contributed by atoms with Crippen LogP contribution in [0.3, 0.4) is 0 Å². The second-order valence-corrected chi connectivity index (χ2v) is 14.7. The van der Waals surface area contributed by atoms with Crippen molar-refractivity contribution >= 4 is 28.0 Å². The number of carbonyl (C=O) groups is 1. The van der Waals surface area contributed by atoms with Crippen molar-refractivity contribution in [3.63, 3.8) is 0 Å². The predicted molar refractivity (Wildman–Crippen MR) is 166 cm³/mol. The molecule has 0 N–H and O–H groups in total. The molecule has 0 aromatic heterocycles. The third-order valence-electron chi connectivity index (χ3n) is 11.7. The number of benzene rings is 1. The van der Waals surface area contributed by atoms with Gasteiger partial charge in [-0.15, -0.1) is 0 Å². The van der Waals surface area contributed by atoms with Gasteiger partial charge >= 0.3 is 5.97 Å². The van der Waals surface area contributed by atoms with Gasteiger partial charge in [-0.1, -0.05) is 101 Å². The summed E-state index contributed by atoms with van der Waals surface area (Å²) >= 11 is 3.47. The highest BCUT2D eigenvalue weighted by molar-refractivity contribution is 9.12. The maximum absolute atomic E-state index is 12.9. The monoisotopic (exact) mass is 594 g/mol. The van der Waals surface area contributed by atoms with E-state index in [0.717, 1.165) is 48.5 Å². The van der Waals surface area contributed by atoms with Gasteiger partial charge in [0.2, 0.25) is 0 Å². The molecule has 2 nitrogen and oxygen atoms in total. The van der Waals surface area contributed by atoms with Crippen LogP contribution in [-0.4, -0.2) is 12.1 Å². The number of ether oxygens (including phenoxy) is 1. The van der Waals surface area contributed by atoms with Gasteiger partial charge in [-0.25, -0.2) is 4.79 Å². The van der Waals surface area contributed by atoms with Crippen molar-refractivity contribution in [1.29, 1.82) is 0 Å². The minimum Gasteiger partial charge on any atom is -0.458 e. The lowest BCUT2D eigenvalue weighted by Gasteiger charge is -2.58. The van der Waals surface area contributed by atoms with Gasteiger partial charge in [-0.3, -0.25) is 0 Å². The Hall–Kier alpha value is -1.35. The molecule has 3 heteroatoms. The van der Waals surface area contributed by atoms with Crippen molar-refractivity contribution in [2.24, 2.45) is 34.5 Å². The Balaban J connectivity index is 1.19. The number of unbranched alkanes of at least 4 members (excludes halogenated alkanes) is 5. The lowest BCUT2D eigenvalue weighted by molar-refractivity contribution is -0.145. The number of allylic oxidation sites excluding steroid dienone is 1. The van der Waals surface area contributed by atoms with Gasteiger partial charge in [-0.2, -0.15) is 0 Å². The van der Waals surface area contributed by atoms with Gasteiger partial charge in [0.1, 0.15) is 10.6 Å². The highest BCUT2D eigenvalue weighted by Crippen LogP contribution is 2.66. The standard InChI is InChI=1S/C36H51BrO2/c1-4-5-6-7-8-12-15-27-17-19-31-30-18-16-28-25-29(20-22-36(28,3)32(30)21-23-35(27,31)2)39-34(38)33(37)24-26-13-10-9-11-14-26/h9-11,13-14,16,24,27,29-32H,4-8,12,15,17-23,25H2,1-3H3/b33-24-/t27?,29-,30?,31?,32?,35+,36-/m0/s1. The molecule has 0 saturated heterocycles. The van der Waals surface area contributed by atoms with E-state index >= 15 is 0 Å². The minimum atomic E-state index is -0.238. The molecule has 0 bridgehead atoms. The van der Waals surface area contributed by atoms with E-state index in [1.165, 1.54) is 77.0 Å². The van der Waals surface area contributed by atoms with Gasteiger partial charge in [0.05, 0.1) is 0 Å². The largest absolute Gasteiger partial charge is 0.458 e. The Morgan fingerprint density at radius 3 is 2.54 bits per heavy atom. The molecular formula is C36H51BrO2. The molecule has 39 heavy (non-hydrogen) atoms. The summed E-state index contributed by atoms with van der Waals surface area (Å²) in [6, 6.07) is 9.95. The maximum Gasteiger partial charge on any atom is 0.345 e. The van der Waals surface area contributed by atoms with Crippen LogP contribution in [0.2, 0.25) is 0 Å². The molecular weight excluding hydrogens is 544 g/mol. The number of hydrogen-bond donors (Lipinski definition) is 0. The molecule has 0 aliphatic heterocycles. The third kappa shape index (κ3) is 6.14. The molecule has 4 aliphatic rings. The quantitative estimate of drug-likeness (QED) is 0.116. The molecule has 7 atom stereocenters. The molecule has 4 aliphatic carbocycles. The topological polar surface area (TPSA) is 26.3 Å². The molecule has 0 radical (unpaired) electrons. The van der Waals surface area contributed by atoms with Crippen molar-refractivity contribution in [2.75, 3.05) is 0 Å². The van der Waals surface area contributed by atoms with Gasteiger partial charge in [0.25, 0.3) is 0 Å². The van der Waals surface area contributed by atoms with E-state index in [4.69, 9.17) is 4.74 Å². The predicted octanol–water partition coefficient (Wildman–Crippen LogP) is 10.7. The first-order chi connectivity index (χ1) is 18.8. The fourth-order valence-corrected chi connectivity index (χ4v) is 9.80. The maximum atomic E-state index is 12.9. The first-order valence-electron chi connectivity index (χ1n) is 16.2. The fraction of sp³-hybridized carbons (Fsp3) is 0.694. The Morgan fingerprint density at radius 2 is 1.74 bits per heavy atom. The molecule has 0 spiro atoms. The number of fused-ring (bicyclic) bond motifs is 5. The van der Waals surface area contributed by atoms with Crippen LogP contribution >= 0.6 is 15.9 Å². The van der Waals surface area contributed by atoms with Crippen LogP contribution in [0, 0.1) is 34.5 Å². The highest BCUT2D eigenvalue weighted by atomic mass is 79.9. The molecule has 214 valence electrons. The molecule has 5 rings (SSSR count). The lowest BCUT2D eigenvalue weighted by atomic mass is 9.47. The average Bonchev–Trinajstić information content (AvgIpc) is 3.27. The van der Waals surface area contributed by atoms with Crippen molar-refractivity contribution in [1.82, 2.24) is 0 Å². The molecule has 3 saturated carbocycles. The zero-order valence-corrected chi connectivity index (χ0v) is 26.3. The van der Waals surface area contributed by atoms with Crippen LogP contribution in [-0.2, 0) is 9.53 Å². The van der Waals surface area contributed by atoms with Gasteiger partial charge in [-0.05, 0) is 113 Å². The third-order valence-corrected chi connectivity index (χ3v) is 12.3. The van der Waals surface area contributed by atoms with Crippen molar-refractivity contribution in [3.8, 4) is 0 Å². The van der Waals surface area contributed by atoms with Crippen molar-refractivity contribution in [2.45, 2.75) is 123 Å². The number of rotatable bonds is 10. The number of halogens is 1. The summed E-state index contributed by atoms with van der Waals surface area (Å²) in [5, 5.41) is 0. The van der Waals surface area contributed by atoms with E-state index in [9.17, 15) is 4.79 Å². The van der Waals surface area contributed by atoms with Crippen LogP contribution < -0.4 is 0 Å². The number of carbonyl (C=O) groups excluding carboxylic acids is 1. The molecule has 1 aromatic carbocycles. The van der Waals surface area contributed by atoms with Crippen LogP contribution in [0.25, 0.3) is 6.08 Å². The van der Waals surface area contributed by atoms with Crippen molar-refractivity contribution in [3.05, 3.63) is 52.0 Å². The number of esters is 1. The van der Waals surface area contributed by atoms with Crippen LogP contribution in [0.1, 0.15) is 123 Å². The smallest absolute Gasteiger partial charge is 0.345 e. The Bertz CT molecular complexity index is 1040. The van der Waals surface area contributed by atoms with Crippen LogP contribution in [0.5, 0.6) is 0 Å². The van der Waals surface area contributed by atoms with Crippen molar-refractivity contribution < 1.29 is 9.53 Å². The Labute approximate surface area is 246 Å². The average molecular weight is 596 g/mol. The summed E-state index contributed by atoms with van der Waals surface area (Å²) in [5.74, 6) is 3.28. The van der Waals surface area contributed by atoms with Gasteiger partial charge in [0, 0.05) is 6.42 Å². The fourth-order valence-electron chi connectivity index (χ4n) is 9.44. The Kier molecular flexibility index (Phi) is 9.47. The molecule has 3 fully saturated rings. The van der Waals surface area contributed by atoms with E-state index in [1.54, 1.807) is 5.57 Å². The number of hydrogen-bond acceptors (Lipinski definition) is 2. The summed E-state index contributed by atoms with van der Waals surface area (Å²) in [7, 11) is 0. The minimum absolute atomic E-state index is 0.00728. The zero-order chi connectivity index (χ0) is 27.5. The second kappa shape index (κ2) is 12.7. The molecule has 1 aromatic rings. The summed E-state index contributed by atoms with van der Waals surface area (Å²) in [4.78, 5) is 12.9. The summed E-state index contributed by atoms with van der Waals surface area (Å²) in [6.45, 7) is 7.55.